The maximum Gasteiger partial charge on any atom is 0.253 e. The van der Waals surface area contributed by atoms with E-state index in [0.29, 0.717) is 16.8 Å². The first-order valence-electron chi connectivity index (χ1n) is 11.9. The lowest BCUT2D eigenvalue weighted by molar-refractivity contribution is -0.138. The molecule has 196 valence electrons. The molecule has 4 aliphatic rings. The number of likely N-dealkylation sites (tertiary alicyclic amines) is 1. The summed E-state index contributed by atoms with van der Waals surface area (Å²) in [4.78, 5) is 52.7. The number of imide groups is 2. The minimum atomic E-state index is -1.92. The molecule has 7 nitrogen and oxygen atoms in total. The van der Waals surface area contributed by atoms with Crippen LogP contribution in [0.25, 0.3) is 0 Å². The fourth-order valence-corrected chi connectivity index (χ4v) is 8.24. The number of rotatable bonds is 2. The summed E-state index contributed by atoms with van der Waals surface area (Å²) in [5, 5.41) is 10.1. The zero-order chi connectivity index (χ0) is 27.3. The molecule has 2 heterocycles. The number of halogens is 4. The van der Waals surface area contributed by atoms with Gasteiger partial charge in [-0.2, -0.15) is 0 Å². The Kier molecular flexibility index (Phi) is 5.82. The van der Waals surface area contributed by atoms with Gasteiger partial charge < -0.3 is 5.11 Å². The number of carbonyl (C=O) groups is 4. The zero-order valence-electron chi connectivity index (χ0n) is 19.8. The number of alkyl halides is 2. The van der Waals surface area contributed by atoms with Crippen molar-refractivity contribution in [3.8, 4) is 5.75 Å². The number of nitrogens with zero attached hydrogens (tertiary/aromatic N) is 2. The van der Waals surface area contributed by atoms with Gasteiger partial charge in [-0.15, -0.1) is 23.2 Å². The van der Waals surface area contributed by atoms with E-state index in [0.717, 1.165) is 9.37 Å². The van der Waals surface area contributed by atoms with Crippen LogP contribution in [0.15, 0.2) is 58.6 Å². The Morgan fingerprint density at radius 2 is 1.66 bits per heavy atom. The predicted octanol–water partition coefficient (Wildman–Crippen LogP) is 5.00. The second kappa shape index (κ2) is 8.55. The first-order chi connectivity index (χ1) is 17.9. The Hall–Kier alpha value is -2.39. The SMILES string of the molecule is CN1C(=O)C2(Cl)CC3C(=CCC4C(=O)N(c5ccc(Br)cc5)C(=O)C43)C(c3ccc(O)cc3Cl)C2(Cl)C1=O. The maximum absolute atomic E-state index is 13.9. The molecule has 0 radical (unpaired) electrons. The summed E-state index contributed by atoms with van der Waals surface area (Å²) >= 11 is 24.2. The van der Waals surface area contributed by atoms with Gasteiger partial charge in [0.15, 0.2) is 9.75 Å². The van der Waals surface area contributed by atoms with Gasteiger partial charge in [-0.05, 0) is 60.7 Å². The molecular formula is C27H20BrCl3N2O5. The highest BCUT2D eigenvalue weighted by atomic mass is 79.9. The summed E-state index contributed by atoms with van der Waals surface area (Å²) in [6.07, 6.45) is 1.99. The third kappa shape index (κ3) is 3.20. The number of anilines is 1. The van der Waals surface area contributed by atoms with E-state index in [-0.39, 0.29) is 35.4 Å². The highest BCUT2D eigenvalue weighted by Crippen LogP contribution is 2.66. The molecule has 2 aromatic carbocycles. The van der Waals surface area contributed by atoms with Crippen LogP contribution < -0.4 is 4.90 Å². The van der Waals surface area contributed by atoms with E-state index < -0.39 is 45.2 Å². The van der Waals surface area contributed by atoms with Crippen LogP contribution in [0.4, 0.5) is 5.69 Å². The van der Waals surface area contributed by atoms with Gasteiger partial charge in [0.1, 0.15) is 5.75 Å². The molecule has 1 saturated carbocycles. The molecule has 6 atom stereocenters. The molecule has 2 aliphatic carbocycles. The number of aromatic hydroxyl groups is 1. The number of benzene rings is 2. The third-order valence-electron chi connectivity index (χ3n) is 8.39. The molecule has 1 N–H and O–H groups in total. The normalized spacial score (nSPS) is 34.3. The standard InChI is InChI=1S/C27H20BrCl3N2O5/c1-32-24(37)26(30)11-18-15(21(27(26,31)25(32)38)16-7-6-14(34)10-19(16)29)8-9-17-20(18)23(36)33(22(17)35)13-4-2-12(28)3-5-13/h2-8,10,17-18,20-21,34H,9,11H2,1H3. The molecule has 0 spiro atoms. The smallest absolute Gasteiger partial charge is 0.253 e. The summed E-state index contributed by atoms with van der Waals surface area (Å²) in [7, 11) is 1.33. The van der Waals surface area contributed by atoms with Crippen molar-refractivity contribution in [3.05, 3.63) is 69.2 Å². The Labute approximate surface area is 241 Å². The summed E-state index contributed by atoms with van der Waals surface area (Å²) in [6, 6.07) is 11.2. The van der Waals surface area contributed by atoms with Crippen molar-refractivity contribution in [2.24, 2.45) is 17.8 Å². The summed E-state index contributed by atoms with van der Waals surface area (Å²) < 4.78 is 0.804. The average Bonchev–Trinajstić information content (AvgIpc) is 3.20. The molecule has 6 rings (SSSR count). The van der Waals surface area contributed by atoms with E-state index in [4.69, 9.17) is 34.8 Å². The van der Waals surface area contributed by atoms with E-state index in [1.54, 1.807) is 30.3 Å². The van der Waals surface area contributed by atoms with Gasteiger partial charge >= 0.3 is 0 Å². The van der Waals surface area contributed by atoms with Crippen LogP contribution in [0, 0.1) is 17.8 Å². The number of allylic oxidation sites excluding steroid dienone is 2. The quantitative estimate of drug-likeness (QED) is 0.284. The molecule has 11 heteroatoms. The minimum absolute atomic E-state index is 0.0859. The fraction of sp³-hybridized carbons (Fsp3) is 0.333. The molecule has 0 aromatic heterocycles. The van der Waals surface area contributed by atoms with Gasteiger partial charge in [0.2, 0.25) is 11.8 Å². The second-order valence-electron chi connectivity index (χ2n) is 10.2. The number of hydrogen-bond donors (Lipinski definition) is 1. The number of carbonyl (C=O) groups excluding carboxylic acids is 4. The molecule has 2 aliphatic heterocycles. The third-order valence-corrected chi connectivity index (χ3v) is 10.7. The van der Waals surface area contributed by atoms with Gasteiger partial charge in [0.25, 0.3) is 11.8 Å². The van der Waals surface area contributed by atoms with E-state index >= 15 is 0 Å². The van der Waals surface area contributed by atoms with Crippen LogP contribution in [0.1, 0.15) is 24.3 Å². The minimum Gasteiger partial charge on any atom is -0.508 e. The first kappa shape index (κ1) is 25.9. The lowest BCUT2D eigenvalue weighted by Gasteiger charge is -2.51. The second-order valence-corrected chi connectivity index (χ2v) is 12.8. The Morgan fingerprint density at radius 1 is 0.974 bits per heavy atom. The lowest BCUT2D eigenvalue weighted by atomic mass is 9.56. The largest absolute Gasteiger partial charge is 0.508 e. The molecule has 3 fully saturated rings. The van der Waals surface area contributed by atoms with Gasteiger partial charge in [0, 0.05) is 22.5 Å². The first-order valence-corrected chi connectivity index (χ1v) is 13.9. The summed E-state index contributed by atoms with van der Waals surface area (Å²) in [6.45, 7) is 0. The lowest BCUT2D eigenvalue weighted by Crippen LogP contribution is -2.60. The fourth-order valence-electron chi connectivity index (χ4n) is 6.68. The van der Waals surface area contributed by atoms with Crippen LogP contribution in [0.5, 0.6) is 5.75 Å². The van der Waals surface area contributed by atoms with Crippen molar-refractivity contribution in [2.75, 3.05) is 11.9 Å². The Bertz CT molecular complexity index is 1480. The highest BCUT2D eigenvalue weighted by molar-refractivity contribution is 9.10. The molecular weight excluding hydrogens is 619 g/mol. The summed E-state index contributed by atoms with van der Waals surface area (Å²) in [5.41, 5.74) is 1.49. The van der Waals surface area contributed by atoms with E-state index in [9.17, 15) is 24.3 Å². The van der Waals surface area contributed by atoms with Crippen molar-refractivity contribution in [1.29, 1.82) is 0 Å². The van der Waals surface area contributed by atoms with Crippen molar-refractivity contribution < 1.29 is 24.3 Å². The number of fused-ring (bicyclic) bond motifs is 4. The predicted molar refractivity (Wildman–Crippen MR) is 145 cm³/mol. The van der Waals surface area contributed by atoms with Crippen LogP contribution >= 0.6 is 50.7 Å². The van der Waals surface area contributed by atoms with Crippen molar-refractivity contribution >= 4 is 80.0 Å². The van der Waals surface area contributed by atoms with Crippen LogP contribution in [0.3, 0.4) is 0 Å². The Balaban J connectivity index is 1.52. The monoisotopic (exact) mass is 636 g/mol. The number of amides is 4. The number of phenols is 1. The molecule has 6 unspecified atom stereocenters. The van der Waals surface area contributed by atoms with Crippen LogP contribution in [-0.4, -0.2) is 50.4 Å². The van der Waals surface area contributed by atoms with Gasteiger partial charge in [-0.1, -0.05) is 45.2 Å². The average molecular weight is 639 g/mol. The van der Waals surface area contributed by atoms with E-state index in [1.165, 1.54) is 24.1 Å². The van der Waals surface area contributed by atoms with Crippen LogP contribution in [0.2, 0.25) is 5.02 Å². The van der Waals surface area contributed by atoms with Gasteiger partial charge in [-0.25, -0.2) is 0 Å². The summed E-state index contributed by atoms with van der Waals surface area (Å²) in [5.74, 6) is -5.19. The van der Waals surface area contributed by atoms with Gasteiger partial charge in [-0.3, -0.25) is 29.0 Å². The zero-order valence-corrected chi connectivity index (χ0v) is 23.7. The van der Waals surface area contributed by atoms with Crippen molar-refractivity contribution in [3.63, 3.8) is 0 Å². The Morgan fingerprint density at radius 3 is 2.32 bits per heavy atom. The number of phenolic OH excluding ortho intramolecular Hbond substituents is 1. The van der Waals surface area contributed by atoms with E-state index in [1.807, 2.05) is 6.08 Å². The molecule has 38 heavy (non-hydrogen) atoms. The van der Waals surface area contributed by atoms with Crippen molar-refractivity contribution in [1.82, 2.24) is 4.90 Å². The molecule has 4 amide bonds. The van der Waals surface area contributed by atoms with Gasteiger partial charge in [0.05, 0.1) is 17.5 Å². The topological polar surface area (TPSA) is 95.0 Å². The maximum atomic E-state index is 13.9. The molecule has 2 aromatic rings. The highest BCUT2D eigenvalue weighted by Gasteiger charge is 2.76. The number of hydrogen-bond acceptors (Lipinski definition) is 5. The van der Waals surface area contributed by atoms with Crippen molar-refractivity contribution in [2.45, 2.75) is 28.5 Å². The van der Waals surface area contributed by atoms with Crippen LogP contribution in [-0.2, 0) is 19.2 Å². The molecule has 2 saturated heterocycles. The van der Waals surface area contributed by atoms with E-state index in [2.05, 4.69) is 15.9 Å². The molecule has 0 bridgehead atoms.